The van der Waals surface area contributed by atoms with Crippen molar-refractivity contribution in [2.45, 2.75) is 6.92 Å². The first kappa shape index (κ1) is 17.0. The number of rotatable bonds is 2. The molecule has 0 saturated carbocycles. The van der Waals surface area contributed by atoms with Crippen LogP contribution in [-0.4, -0.2) is 11.0 Å². The molecule has 2 aromatic carbocycles. The Balaban J connectivity index is 2.07. The van der Waals surface area contributed by atoms with E-state index in [1.165, 1.54) is 12.1 Å². The third-order valence-corrected chi connectivity index (χ3v) is 4.00. The van der Waals surface area contributed by atoms with E-state index in [9.17, 15) is 4.79 Å². The smallest absolute Gasteiger partial charge is 0.257 e. The minimum absolute atomic E-state index is 0.117. The van der Waals surface area contributed by atoms with Crippen molar-refractivity contribution in [2.75, 3.05) is 5.32 Å². The lowest BCUT2D eigenvalue weighted by molar-refractivity contribution is 0.0977. The van der Waals surface area contributed by atoms with Gasteiger partial charge in [0.05, 0.1) is 20.8 Å². The molecule has 0 atom stereocenters. The van der Waals surface area contributed by atoms with Crippen molar-refractivity contribution >= 4 is 63.7 Å². The molecule has 0 aliphatic heterocycles. The fourth-order valence-corrected chi connectivity index (χ4v) is 2.53. The van der Waals surface area contributed by atoms with Crippen LogP contribution in [0, 0.1) is 6.92 Å². The summed E-state index contributed by atoms with van der Waals surface area (Å²) in [6.45, 7) is 1.91. The fourth-order valence-electron chi connectivity index (χ4n) is 1.73. The molecule has 0 heterocycles. The first-order valence-corrected chi connectivity index (χ1v) is 7.74. The van der Waals surface area contributed by atoms with Gasteiger partial charge in [-0.1, -0.05) is 52.5 Å². The lowest BCUT2D eigenvalue weighted by Crippen LogP contribution is -2.34. The van der Waals surface area contributed by atoms with E-state index in [2.05, 4.69) is 10.6 Å². The molecule has 0 bridgehead atoms. The van der Waals surface area contributed by atoms with Crippen LogP contribution in [0.5, 0.6) is 0 Å². The Kier molecular flexibility index (Phi) is 5.64. The van der Waals surface area contributed by atoms with Crippen molar-refractivity contribution in [3.8, 4) is 0 Å². The quantitative estimate of drug-likeness (QED) is 0.569. The van der Waals surface area contributed by atoms with Gasteiger partial charge in [-0.15, -0.1) is 0 Å². The highest BCUT2D eigenvalue weighted by Gasteiger charge is 2.11. The van der Waals surface area contributed by atoms with E-state index in [1.54, 1.807) is 18.2 Å². The molecule has 1 amide bonds. The predicted octanol–water partition coefficient (Wildman–Crippen LogP) is 5.08. The summed E-state index contributed by atoms with van der Waals surface area (Å²) in [4.78, 5) is 12.1. The van der Waals surface area contributed by atoms with Crippen molar-refractivity contribution in [1.82, 2.24) is 5.32 Å². The van der Waals surface area contributed by atoms with Crippen LogP contribution < -0.4 is 10.6 Å². The highest BCUT2D eigenvalue weighted by atomic mass is 35.5. The van der Waals surface area contributed by atoms with E-state index < -0.39 is 0 Å². The first-order valence-electron chi connectivity index (χ1n) is 6.20. The summed E-state index contributed by atoms with van der Waals surface area (Å²) in [5.74, 6) is -0.308. The number of hydrogen-bond acceptors (Lipinski definition) is 2. The number of carbonyl (C=O) groups excluding carboxylic acids is 1. The minimum Gasteiger partial charge on any atom is -0.331 e. The van der Waals surface area contributed by atoms with Gasteiger partial charge in [0.2, 0.25) is 0 Å². The van der Waals surface area contributed by atoms with Gasteiger partial charge in [0.15, 0.2) is 5.11 Å². The van der Waals surface area contributed by atoms with Crippen molar-refractivity contribution in [3.05, 3.63) is 62.6 Å². The second kappa shape index (κ2) is 7.29. The van der Waals surface area contributed by atoms with E-state index in [0.29, 0.717) is 26.3 Å². The molecule has 0 spiro atoms. The highest BCUT2D eigenvalue weighted by Crippen LogP contribution is 2.32. The average Bonchev–Trinajstić information content (AvgIpc) is 2.44. The molecule has 7 heteroatoms. The van der Waals surface area contributed by atoms with Gasteiger partial charge in [0.25, 0.3) is 5.91 Å². The van der Waals surface area contributed by atoms with E-state index in [1.807, 2.05) is 13.0 Å². The van der Waals surface area contributed by atoms with Crippen LogP contribution in [0.2, 0.25) is 15.1 Å². The van der Waals surface area contributed by atoms with Crippen LogP contribution in [0.1, 0.15) is 15.9 Å². The van der Waals surface area contributed by atoms with E-state index >= 15 is 0 Å². The number of benzene rings is 2. The third-order valence-electron chi connectivity index (χ3n) is 2.77. The van der Waals surface area contributed by atoms with Gasteiger partial charge in [0.1, 0.15) is 0 Å². The number of aryl methyl sites for hydroxylation is 1. The van der Waals surface area contributed by atoms with E-state index in [-0.39, 0.29) is 11.0 Å². The van der Waals surface area contributed by atoms with Gasteiger partial charge in [-0.2, -0.15) is 0 Å². The Morgan fingerprint density at radius 1 is 1.05 bits per heavy atom. The number of thiocarbonyl (C=S) groups is 1. The number of carbonyl (C=O) groups is 1. The van der Waals surface area contributed by atoms with Gasteiger partial charge >= 0.3 is 0 Å². The molecule has 0 radical (unpaired) electrons. The minimum atomic E-state index is -0.308. The van der Waals surface area contributed by atoms with Crippen molar-refractivity contribution in [3.63, 3.8) is 0 Å². The molecule has 2 N–H and O–H groups in total. The zero-order valence-corrected chi connectivity index (χ0v) is 14.5. The van der Waals surface area contributed by atoms with Crippen molar-refractivity contribution in [2.24, 2.45) is 0 Å². The van der Waals surface area contributed by atoms with Crippen LogP contribution in [-0.2, 0) is 0 Å². The number of halogens is 3. The monoisotopic (exact) mass is 372 g/mol. The Morgan fingerprint density at radius 2 is 1.73 bits per heavy atom. The summed E-state index contributed by atoms with van der Waals surface area (Å²) in [5.41, 5.74) is 1.97. The molecule has 0 aromatic heterocycles. The van der Waals surface area contributed by atoms with Crippen LogP contribution in [0.4, 0.5) is 5.69 Å². The molecule has 0 aliphatic carbocycles. The molecule has 22 heavy (non-hydrogen) atoms. The molecule has 2 aromatic rings. The lowest BCUT2D eigenvalue weighted by atomic mass is 10.1. The third kappa shape index (κ3) is 4.34. The zero-order chi connectivity index (χ0) is 16.3. The zero-order valence-electron chi connectivity index (χ0n) is 11.4. The van der Waals surface area contributed by atoms with Crippen LogP contribution in [0.3, 0.4) is 0 Å². The maximum atomic E-state index is 12.1. The second-order valence-electron chi connectivity index (χ2n) is 4.52. The van der Waals surface area contributed by atoms with Gasteiger partial charge in [0, 0.05) is 5.56 Å². The summed E-state index contributed by atoms with van der Waals surface area (Å²) < 4.78 is 0. The van der Waals surface area contributed by atoms with Crippen molar-refractivity contribution < 1.29 is 4.79 Å². The summed E-state index contributed by atoms with van der Waals surface area (Å²) in [6.07, 6.45) is 0. The molecular weight excluding hydrogens is 363 g/mol. The van der Waals surface area contributed by atoms with Crippen LogP contribution in [0.25, 0.3) is 0 Å². The second-order valence-corrected chi connectivity index (χ2v) is 6.15. The summed E-state index contributed by atoms with van der Waals surface area (Å²) in [6, 6.07) is 10.2. The molecular formula is C15H11Cl3N2OS. The SMILES string of the molecule is Cc1cccc(C(=O)NC(=S)Nc2cc(Cl)c(Cl)cc2Cl)c1. The average molecular weight is 374 g/mol. The molecule has 3 nitrogen and oxygen atoms in total. The van der Waals surface area contributed by atoms with Crippen LogP contribution in [0.15, 0.2) is 36.4 Å². The van der Waals surface area contributed by atoms with Gasteiger partial charge in [-0.3, -0.25) is 10.1 Å². The maximum Gasteiger partial charge on any atom is 0.257 e. The largest absolute Gasteiger partial charge is 0.331 e. The number of amides is 1. The summed E-state index contributed by atoms with van der Waals surface area (Å²) in [5, 5.41) is 6.54. The maximum absolute atomic E-state index is 12.1. The normalized spacial score (nSPS) is 10.2. The summed E-state index contributed by atoms with van der Waals surface area (Å²) in [7, 11) is 0. The molecule has 114 valence electrons. The van der Waals surface area contributed by atoms with Crippen molar-refractivity contribution in [1.29, 1.82) is 0 Å². The predicted molar refractivity (Wildman–Crippen MR) is 96.3 cm³/mol. The molecule has 2 rings (SSSR count). The highest BCUT2D eigenvalue weighted by molar-refractivity contribution is 7.80. The van der Waals surface area contributed by atoms with E-state index in [4.69, 9.17) is 47.0 Å². The topological polar surface area (TPSA) is 41.1 Å². The lowest BCUT2D eigenvalue weighted by Gasteiger charge is -2.12. The Hall–Kier alpha value is -1.33. The Labute approximate surface area is 148 Å². The van der Waals surface area contributed by atoms with Gasteiger partial charge in [-0.25, -0.2) is 0 Å². The number of hydrogen-bond donors (Lipinski definition) is 2. The van der Waals surface area contributed by atoms with E-state index in [0.717, 1.165) is 5.56 Å². The fraction of sp³-hybridized carbons (Fsp3) is 0.0667. The molecule has 0 aliphatic rings. The summed E-state index contributed by atoms with van der Waals surface area (Å²) >= 11 is 22.9. The van der Waals surface area contributed by atoms with Gasteiger partial charge < -0.3 is 5.32 Å². The first-order chi connectivity index (χ1) is 10.4. The standard InChI is InChI=1S/C15H11Cl3N2OS/c1-8-3-2-4-9(5-8)14(21)20-15(22)19-13-7-11(17)10(16)6-12(13)18/h2-7H,1H3,(H2,19,20,21,22). The number of anilines is 1. The molecule has 0 fully saturated rings. The van der Waals surface area contributed by atoms with Crippen LogP contribution >= 0.6 is 47.0 Å². The number of nitrogens with one attached hydrogen (secondary N) is 2. The molecule has 0 unspecified atom stereocenters. The molecule has 0 saturated heterocycles. The Morgan fingerprint density at radius 3 is 2.41 bits per heavy atom. The van der Waals surface area contributed by atoms with Gasteiger partial charge in [-0.05, 0) is 43.4 Å². The Bertz CT molecular complexity index is 750.